The number of anilines is 1. The summed E-state index contributed by atoms with van der Waals surface area (Å²) in [7, 11) is 0. The van der Waals surface area contributed by atoms with Crippen molar-refractivity contribution in [3.63, 3.8) is 0 Å². The predicted molar refractivity (Wildman–Crippen MR) is 83.5 cm³/mol. The molecule has 1 amide bonds. The smallest absolute Gasteiger partial charge is 0.284 e. The molecule has 0 saturated heterocycles. The van der Waals surface area contributed by atoms with Crippen molar-refractivity contribution in [2.75, 3.05) is 5.32 Å². The van der Waals surface area contributed by atoms with Gasteiger partial charge in [0.05, 0.1) is 10.2 Å². The van der Waals surface area contributed by atoms with Crippen molar-refractivity contribution in [3.8, 4) is 0 Å². The number of amides is 1. The highest BCUT2D eigenvalue weighted by Gasteiger charge is 2.14. The summed E-state index contributed by atoms with van der Waals surface area (Å²) in [5.74, 6) is -0.149. The minimum Gasteiger partial charge on any atom is -0.319 e. The second-order valence-corrected chi connectivity index (χ2v) is 5.74. The zero-order chi connectivity index (χ0) is 14.1. The molecule has 0 saturated carbocycles. The Balaban J connectivity index is 1.93. The Morgan fingerprint density at radius 2 is 1.75 bits per heavy atom. The van der Waals surface area contributed by atoms with Gasteiger partial charge in [-0.1, -0.05) is 30.3 Å². The first-order chi connectivity index (χ1) is 9.65. The fraction of sp³-hybridized carbons (Fsp3) is 0.125. The van der Waals surface area contributed by atoms with E-state index < -0.39 is 0 Å². The van der Waals surface area contributed by atoms with E-state index in [9.17, 15) is 4.79 Å². The van der Waals surface area contributed by atoms with Crippen molar-refractivity contribution in [3.05, 3.63) is 58.6 Å². The van der Waals surface area contributed by atoms with Gasteiger partial charge in [0.2, 0.25) is 0 Å². The number of benzene rings is 2. The number of nitrogens with one attached hydrogen (secondary N) is 1. The van der Waals surface area contributed by atoms with E-state index in [-0.39, 0.29) is 5.91 Å². The Bertz CT molecular complexity index is 739. The van der Waals surface area contributed by atoms with E-state index in [4.69, 9.17) is 0 Å². The molecular formula is C16H14N2OS. The maximum absolute atomic E-state index is 12.3. The molecule has 3 aromatic rings. The third-order valence-electron chi connectivity index (χ3n) is 3.21. The predicted octanol–water partition coefficient (Wildman–Crippen LogP) is 4.17. The topological polar surface area (TPSA) is 42.0 Å². The molecule has 1 aromatic heterocycles. The second kappa shape index (κ2) is 5.06. The number of rotatable bonds is 2. The maximum Gasteiger partial charge on any atom is 0.284 e. The third-order valence-corrected chi connectivity index (χ3v) is 4.24. The molecule has 3 rings (SSSR count). The summed E-state index contributed by atoms with van der Waals surface area (Å²) in [5, 5.41) is 3.46. The van der Waals surface area contributed by atoms with Gasteiger partial charge in [0, 0.05) is 5.69 Å². The standard InChI is InChI=1S/C16H14N2OS/c1-10-6-5-7-11(2)14(10)18-15(19)16-17-12-8-3-4-9-13(12)20-16/h3-9H,1-2H3,(H,18,19). The number of fused-ring (bicyclic) bond motifs is 1. The van der Waals surface area contributed by atoms with Gasteiger partial charge < -0.3 is 5.32 Å². The largest absolute Gasteiger partial charge is 0.319 e. The molecule has 1 heterocycles. The van der Waals surface area contributed by atoms with Crippen LogP contribution in [0.1, 0.15) is 20.9 Å². The van der Waals surface area contributed by atoms with Crippen molar-refractivity contribution in [1.29, 1.82) is 0 Å². The van der Waals surface area contributed by atoms with Crippen LogP contribution in [0.25, 0.3) is 10.2 Å². The zero-order valence-corrected chi connectivity index (χ0v) is 12.1. The number of para-hydroxylation sites is 2. The van der Waals surface area contributed by atoms with E-state index in [1.54, 1.807) is 0 Å². The molecule has 0 radical (unpaired) electrons. The van der Waals surface area contributed by atoms with Crippen molar-refractivity contribution in [2.24, 2.45) is 0 Å². The monoisotopic (exact) mass is 282 g/mol. The number of hydrogen-bond acceptors (Lipinski definition) is 3. The molecule has 0 atom stereocenters. The average molecular weight is 282 g/mol. The Kier molecular flexibility index (Phi) is 3.24. The van der Waals surface area contributed by atoms with E-state index in [2.05, 4.69) is 10.3 Å². The van der Waals surface area contributed by atoms with Crippen LogP contribution in [0.2, 0.25) is 0 Å². The highest BCUT2D eigenvalue weighted by Crippen LogP contribution is 2.24. The zero-order valence-electron chi connectivity index (χ0n) is 11.3. The molecule has 4 heteroatoms. The first-order valence-electron chi connectivity index (χ1n) is 6.38. The van der Waals surface area contributed by atoms with E-state index in [1.165, 1.54) is 11.3 Å². The van der Waals surface area contributed by atoms with Gasteiger partial charge in [-0.15, -0.1) is 11.3 Å². The van der Waals surface area contributed by atoms with Crippen LogP contribution in [0.3, 0.4) is 0 Å². The summed E-state index contributed by atoms with van der Waals surface area (Å²) in [6.45, 7) is 3.97. The molecule has 20 heavy (non-hydrogen) atoms. The van der Waals surface area contributed by atoms with E-state index in [1.807, 2.05) is 56.3 Å². The van der Waals surface area contributed by atoms with Crippen LogP contribution < -0.4 is 5.32 Å². The summed E-state index contributed by atoms with van der Waals surface area (Å²) >= 11 is 1.41. The molecule has 0 unspecified atom stereocenters. The highest BCUT2D eigenvalue weighted by molar-refractivity contribution is 7.20. The Hall–Kier alpha value is -2.20. The minimum absolute atomic E-state index is 0.149. The minimum atomic E-state index is -0.149. The molecule has 0 aliphatic rings. The van der Waals surface area contributed by atoms with Gasteiger partial charge in [-0.25, -0.2) is 4.98 Å². The van der Waals surface area contributed by atoms with Gasteiger partial charge in [-0.3, -0.25) is 4.79 Å². The molecule has 0 bridgehead atoms. The maximum atomic E-state index is 12.3. The fourth-order valence-electron chi connectivity index (χ4n) is 2.15. The van der Waals surface area contributed by atoms with Gasteiger partial charge in [-0.05, 0) is 37.1 Å². The second-order valence-electron chi connectivity index (χ2n) is 4.71. The van der Waals surface area contributed by atoms with Gasteiger partial charge in [-0.2, -0.15) is 0 Å². The lowest BCUT2D eigenvalue weighted by molar-refractivity contribution is 0.102. The first kappa shape index (κ1) is 12.8. The SMILES string of the molecule is Cc1cccc(C)c1NC(=O)c1nc2ccccc2s1. The molecule has 1 N–H and O–H groups in total. The van der Waals surface area contributed by atoms with Gasteiger partial charge in [0.25, 0.3) is 5.91 Å². The summed E-state index contributed by atoms with van der Waals surface area (Å²) in [4.78, 5) is 16.7. The lowest BCUT2D eigenvalue weighted by Crippen LogP contribution is -2.13. The van der Waals surface area contributed by atoms with Crippen LogP contribution in [0.15, 0.2) is 42.5 Å². The molecule has 0 aliphatic heterocycles. The van der Waals surface area contributed by atoms with E-state index >= 15 is 0 Å². The van der Waals surface area contributed by atoms with Crippen LogP contribution in [0.4, 0.5) is 5.69 Å². The molecule has 0 aliphatic carbocycles. The summed E-state index contributed by atoms with van der Waals surface area (Å²) in [6.07, 6.45) is 0. The number of aryl methyl sites for hydroxylation is 2. The van der Waals surface area contributed by atoms with Crippen LogP contribution in [-0.2, 0) is 0 Å². The Morgan fingerprint density at radius 1 is 1.05 bits per heavy atom. The van der Waals surface area contributed by atoms with Crippen molar-refractivity contribution in [1.82, 2.24) is 4.98 Å². The number of nitrogens with zero attached hydrogens (tertiary/aromatic N) is 1. The van der Waals surface area contributed by atoms with Gasteiger partial charge >= 0.3 is 0 Å². The number of hydrogen-bond donors (Lipinski definition) is 1. The molecule has 100 valence electrons. The quantitative estimate of drug-likeness (QED) is 0.766. The summed E-state index contributed by atoms with van der Waals surface area (Å²) < 4.78 is 1.03. The number of carbonyl (C=O) groups is 1. The van der Waals surface area contributed by atoms with Crippen molar-refractivity contribution >= 4 is 33.1 Å². The summed E-state index contributed by atoms with van der Waals surface area (Å²) in [6, 6.07) is 13.7. The van der Waals surface area contributed by atoms with Gasteiger partial charge in [0.1, 0.15) is 0 Å². The van der Waals surface area contributed by atoms with Gasteiger partial charge in [0.15, 0.2) is 5.01 Å². The van der Waals surface area contributed by atoms with Crippen molar-refractivity contribution < 1.29 is 4.79 Å². The van der Waals surface area contributed by atoms with Crippen LogP contribution >= 0.6 is 11.3 Å². The molecule has 3 nitrogen and oxygen atoms in total. The third kappa shape index (κ3) is 2.30. The number of thiazole rings is 1. The van der Waals surface area contributed by atoms with Crippen molar-refractivity contribution in [2.45, 2.75) is 13.8 Å². The first-order valence-corrected chi connectivity index (χ1v) is 7.20. The average Bonchev–Trinajstić information content (AvgIpc) is 2.87. The normalized spacial score (nSPS) is 10.7. The van der Waals surface area contributed by atoms with Crippen LogP contribution in [0.5, 0.6) is 0 Å². The lowest BCUT2D eigenvalue weighted by Gasteiger charge is -2.09. The molecular weight excluding hydrogens is 268 g/mol. The lowest BCUT2D eigenvalue weighted by atomic mass is 10.1. The fourth-order valence-corrected chi connectivity index (χ4v) is 3.01. The van der Waals surface area contributed by atoms with Crippen LogP contribution in [-0.4, -0.2) is 10.9 Å². The Morgan fingerprint density at radius 3 is 2.45 bits per heavy atom. The summed E-state index contributed by atoms with van der Waals surface area (Å²) in [5.41, 5.74) is 3.85. The Labute approximate surface area is 121 Å². The molecule has 0 fully saturated rings. The number of aromatic nitrogens is 1. The number of carbonyl (C=O) groups excluding carboxylic acids is 1. The molecule has 0 spiro atoms. The highest BCUT2D eigenvalue weighted by atomic mass is 32.1. The molecule has 2 aromatic carbocycles. The van der Waals surface area contributed by atoms with E-state index in [0.717, 1.165) is 27.0 Å². The van der Waals surface area contributed by atoms with Crippen LogP contribution in [0, 0.1) is 13.8 Å². The van der Waals surface area contributed by atoms with E-state index in [0.29, 0.717) is 5.01 Å².